The van der Waals surface area contributed by atoms with Crippen molar-refractivity contribution in [1.82, 2.24) is 0 Å². The molecular formula is C14H24O. The zero-order valence-electron chi connectivity index (χ0n) is 10.4. The van der Waals surface area contributed by atoms with Crippen LogP contribution in [0.15, 0.2) is 0 Å². The summed E-state index contributed by atoms with van der Waals surface area (Å²) in [6.07, 6.45) is 7.78. The fourth-order valence-corrected chi connectivity index (χ4v) is 4.03. The van der Waals surface area contributed by atoms with E-state index < -0.39 is 0 Å². The molecule has 0 spiro atoms. The molecule has 1 heteroatoms. The van der Waals surface area contributed by atoms with Gasteiger partial charge in [-0.05, 0) is 49.9 Å². The standard InChI is InChI=1S/C14H24O/c1-10-5-4-7-14(3)8-6-12(11(2)15)9-13(10)14/h10,12-13H,4-9H2,1-3H3. The van der Waals surface area contributed by atoms with Gasteiger partial charge in [-0.15, -0.1) is 0 Å². The molecule has 15 heavy (non-hydrogen) atoms. The molecule has 0 aromatic heterocycles. The summed E-state index contributed by atoms with van der Waals surface area (Å²) in [4.78, 5) is 11.5. The van der Waals surface area contributed by atoms with Crippen molar-refractivity contribution in [2.45, 2.75) is 59.3 Å². The summed E-state index contributed by atoms with van der Waals surface area (Å²) in [6.45, 7) is 6.63. The first-order valence-electron chi connectivity index (χ1n) is 6.53. The summed E-state index contributed by atoms with van der Waals surface area (Å²) in [5.41, 5.74) is 0.559. The van der Waals surface area contributed by atoms with Crippen LogP contribution in [0.25, 0.3) is 0 Å². The predicted octanol–water partition coefficient (Wildman–Crippen LogP) is 3.82. The normalized spacial score (nSPS) is 45.9. The summed E-state index contributed by atoms with van der Waals surface area (Å²) in [5.74, 6) is 2.46. The van der Waals surface area contributed by atoms with Gasteiger partial charge in [-0.25, -0.2) is 0 Å². The van der Waals surface area contributed by atoms with E-state index in [4.69, 9.17) is 0 Å². The van der Waals surface area contributed by atoms with E-state index in [1.165, 1.54) is 32.1 Å². The van der Waals surface area contributed by atoms with Crippen LogP contribution in [0, 0.1) is 23.2 Å². The van der Waals surface area contributed by atoms with E-state index in [1.807, 2.05) is 0 Å². The van der Waals surface area contributed by atoms with Gasteiger partial charge >= 0.3 is 0 Å². The maximum absolute atomic E-state index is 11.5. The Morgan fingerprint density at radius 3 is 2.67 bits per heavy atom. The lowest BCUT2D eigenvalue weighted by atomic mass is 9.55. The first kappa shape index (κ1) is 11.2. The van der Waals surface area contributed by atoms with Crippen LogP contribution in [0.1, 0.15) is 59.3 Å². The molecule has 0 N–H and O–H groups in total. The second-order valence-corrected chi connectivity index (χ2v) is 6.21. The van der Waals surface area contributed by atoms with Crippen LogP contribution < -0.4 is 0 Å². The number of carbonyl (C=O) groups excluding carboxylic acids is 1. The molecule has 2 aliphatic carbocycles. The molecule has 2 fully saturated rings. The average molecular weight is 208 g/mol. The summed E-state index contributed by atoms with van der Waals surface area (Å²) >= 11 is 0. The molecule has 0 aliphatic heterocycles. The van der Waals surface area contributed by atoms with Crippen molar-refractivity contribution >= 4 is 5.78 Å². The van der Waals surface area contributed by atoms with Gasteiger partial charge in [-0.1, -0.05) is 26.7 Å². The van der Waals surface area contributed by atoms with E-state index in [0.717, 1.165) is 18.3 Å². The van der Waals surface area contributed by atoms with Crippen molar-refractivity contribution in [1.29, 1.82) is 0 Å². The average Bonchev–Trinajstić information content (AvgIpc) is 2.17. The van der Waals surface area contributed by atoms with Crippen LogP contribution in [0.5, 0.6) is 0 Å². The van der Waals surface area contributed by atoms with Gasteiger partial charge in [0, 0.05) is 5.92 Å². The molecule has 86 valence electrons. The van der Waals surface area contributed by atoms with E-state index in [1.54, 1.807) is 6.92 Å². The van der Waals surface area contributed by atoms with Gasteiger partial charge in [0.25, 0.3) is 0 Å². The maximum atomic E-state index is 11.5. The van der Waals surface area contributed by atoms with E-state index >= 15 is 0 Å². The van der Waals surface area contributed by atoms with Crippen molar-refractivity contribution in [3.63, 3.8) is 0 Å². The third kappa shape index (κ3) is 1.98. The Morgan fingerprint density at radius 2 is 2.00 bits per heavy atom. The first-order chi connectivity index (χ1) is 7.03. The number of rotatable bonds is 1. The predicted molar refractivity (Wildman–Crippen MR) is 62.6 cm³/mol. The summed E-state index contributed by atoms with van der Waals surface area (Å²) < 4.78 is 0. The molecule has 0 saturated heterocycles. The molecule has 2 aliphatic rings. The maximum Gasteiger partial charge on any atom is 0.132 e. The third-order valence-electron chi connectivity index (χ3n) is 5.17. The monoisotopic (exact) mass is 208 g/mol. The van der Waals surface area contributed by atoms with E-state index in [0.29, 0.717) is 17.1 Å². The number of carbonyl (C=O) groups is 1. The lowest BCUT2D eigenvalue weighted by Crippen LogP contribution is -2.42. The Labute approximate surface area is 93.6 Å². The van der Waals surface area contributed by atoms with Crippen LogP contribution in [0.3, 0.4) is 0 Å². The van der Waals surface area contributed by atoms with Crippen LogP contribution in [0.4, 0.5) is 0 Å². The van der Waals surface area contributed by atoms with Gasteiger partial charge in [-0.3, -0.25) is 4.79 Å². The van der Waals surface area contributed by atoms with E-state index in [9.17, 15) is 4.79 Å². The molecule has 2 saturated carbocycles. The van der Waals surface area contributed by atoms with E-state index in [-0.39, 0.29) is 0 Å². The highest BCUT2D eigenvalue weighted by Crippen LogP contribution is 2.53. The van der Waals surface area contributed by atoms with Crippen LogP contribution in [0.2, 0.25) is 0 Å². The SMILES string of the molecule is CC(=O)C1CCC2(C)CCCC(C)C2C1. The number of hydrogen-bond acceptors (Lipinski definition) is 1. The van der Waals surface area contributed by atoms with Gasteiger partial charge in [0.2, 0.25) is 0 Å². The van der Waals surface area contributed by atoms with Crippen molar-refractivity contribution < 1.29 is 4.79 Å². The highest BCUT2D eigenvalue weighted by molar-refractivity contribution is 5.78. The molecule has 0 aromatic carbocycles. The zero-order valence-corrected chi connectivity index (χ0v) is 10.4. The summed E-state index contributed by atoms with van der Waals surface area (Å²) in [7, 11) is 0. The number of Topliss-reactive ketones (excluding diaryl/α,β-unsaturated/α-hetero) is 1. The quantitative estimate of drug-likeness (QED) is 0.640. The van der Waals surface area contributed by atoms with Gasteiger partial charge < -0.3 is 0 Å². The fourth-order valence-electron chi connectivity index (χ4n) is 4.03. The molecular weight excluding hydrogens is 184 g/mol. The van der Waals surface area contributed by atoms with Gasteiger partial charge in [0.15, 0.2) is 0 Å². The molecule has 0 radical (unpaired) electrons. The molecule has 2 rings (SSSR count). The smallest absolute Gasteiger partial charge is 0.132 e. The highest BCUT2D eigenvalue weighted by atomic mass is 16.1. The molecule has 0 amide bonds. The highest BCUT2D eigenvalue weighted by Gasteiger charge is 2.44. The minimum Gasteiger partial charge on any atom is -0.300 e. The molecule has 0 bridgehead atoms. The Morgan fingerprint density at radius 1 is 1.27 bits per heavy atom. The Bertz CT molecular complexity index is 258. The van der Waals surface area contributed by atoms with Crippen LogP contribution in [-0.4, -0.2) is 5.78 Å². The van der Waals surface area contributed by atoms with Gasteiger partial charge in [-0.2, -0.15) is 0 Å². The minimum atomic E-state index is 0.378. The lowest BCUT2D eigenvalue weighted by Gasteiger charge is -2.50. The fraction of sp³-hybridized carbons (Fsp3) is 0.929. The molecule has 4 atom stereocenters. The number of fused-ring (bicyclic) bond motifs is 1. The topological polar surface area (TPSA) is 17.1 Å². The van der Waals surface area contributed by atoms with Gasteiger partial charge in [0.1, 0.15) is 5.78 Å². The van der Waals surface area contributed by atoms with Gasteiger partial charge in [0.05, 0.1) is 0 Å². The lowest BCUT2D eigenvalue weighted by molar-refractivity contribution is -0.124. The summed E-state index contributed by atoms with van der Waals surface area (Å²) in [6, 6.07) is 0. The van der Waals surface area contributed by atoms with Crippen molar-refractivity contribution in [3.05, 3.63) is 0 Å². The van der Waals surface area contributed by atoms with Crippen LogP contribution >= 0.6 is 0 Å². The summed E-state index contributed by atoms with van der Waals surface area (Å²) in [5, 5.41) is 0. The molecule has 0 heterocycles. The molecule has 1 nitrogen and oxygen atoms in total. The first-order valence-corrected chi connectivity index (χ1v) is 6.53. The second-order valence-electron chi connectivity index (χ2n) is 6.21. The zero-order chi connectivity index (χ0) is 11.1. The van der Waals surface area contributed by atoms with E-state index in [2.05, 4.69) is 13.8 Å². The largest absolute Gasteiger partial charge is 0.300 e. The minimum absolute atomic E-state index is 0.378. The van der Waals surface area contributed by atoms with Crippen molar-refractivity contribution in [3.8, 4) is 0 Å². The number of ketones is 1. The Kier molecular flexibility index (Phi) is 2.92. The van der Waals surface area contributed by atoms with Crippen molar-refractivity contribution in [2.75, 3.05) is 0 Å². The molecule has 0 aromatic rings. The number of hydrogen-bond donors (Lipinski definition) is 0. The van der Waals surface area contributed by atoms with Crippen molar-refractivity contribution in [2.24, 2.45) is 23.2 Å². The second kappa shape index (κ2) is 3.92. The Balaban J connectivity index is 2.12. The Hall–Kier alpha value is -0.330. The third-order valence-corrected chi connectivity index (χ3v) is 5.17. The van der Waals surface area contributed by atoms with Crippen LogP contribution in [-0.2, 0) is 4.79 Å². The molecule has 4 unspecified atom stereocenters.